The van der Waals surface area contributed by atoms with E-state index >= 15 is 0 Å². The molecule has 0 spiro atoms. The van der Waals surface area contributed by atoms with E-state index in [4.69, 9.17) is 17.0 Å². The van der Waals surface area contributed by atoms with E-state index in [0.717, 1.165) is 35.2 Å². The summed E-state index contributed by atoms with van der Waals surface area (Å²) in [5.41, 5.74) is 1.76. The molecule has 0 aliphatic heterocycles. The molecule has 0 saturated heterocycles. The number of hydrogen-bond donors (Lipinski definition) is 1. The second-order valence-corrected chi connectivity index (χ2v) is 6.28. The smallest absolute Gasteiger partial charge is 0.228 e. The zero-order chi connectivity index (χ0) is 15.4. The first kappa shape index (κ1) is 16.2. The molecule has 0 radical (unpaired) electrons. The highest BCUT2D eigenvalue weighted by Crippen LogP contribution is 2.30. The number of ether oxygens (including phenoxy) is 1. The highest BCUT2D eigenvalue weighted by molar-refractivity contribution is 9.10. The highest BCUT2D eigenvalue weighted by Gasteiger charge is 2.16. The van der Waals surface area contributed by atoms with E-state index < -0.39 is 0 Å². The van der Waals surface area contributed by atoms with E-state index in [1.165, 1.54) is 0 Å². The molecule has 0 bridgehead atoms. The van der Waals surface area contributed by atoms with Crippen LogP contribution in [0.15, 0.2) is 22.7 Å². The minimum atomic E-state index is 0.194. The molecule has 1 aliphatic carbocycles. The van der Waals surface area contributed by atoms with Gasteiger partial charge in [-0.3, -0.25) is 0 Å². The van der Waals surface area contributed by atoms with Crippen molar-refractivity contribution in [1.29, 1.82) is 0 Å². The molecule has 1 heterocycles. The third-order valence-corrected chi connectivity index (χ3v) is 4.42. The number of nitrogens with one attached hydrogen (secondary N) is 1. The number of anilines is 1. The van der Waals surface area contributed by atoms with Gasteiger partial charge in [0.05, 0.1) is 15.9 Å². The maximum Gasteiger partial charge on any atom is 0.228 e. The van der Waals surface area contributed by atoms with Gasteiger partial charge in [-0.15, -0.1) is 0 Å². The molecule has 0 unspecified atom stereocenters. The summed E-state index contributed by atoms with van der Waals surface area (Å²) < 4.78 is 6.76. The van der Waals surface area contributed by atoms with Crippen LogP contribution >= 0.6 is 28.1 Å². The van der Waals surface area contributed by atoms with Crippen LogP contribution in [0.1, 0.15) is 25.5 Å². The van der Waals surface area contributed by atoms with Crippen LogP contribution in [-0.2, 0) is 0 Å². The maximum absolute atomic E-state index is 5.92. The third-order valence-electron chi connectivity index (χ3n) is 3.44. The molecular formula is C15H20BrN3OS. The SMILES string of the molecule is CCN(C)C(=S)Nc1cc(Br)c(OC2CC=CC2)nc1C. The molecule has 0 fully saturated rings. The Bertz CT molecular complexity index is 554. The zero-order valence-corrected chi connectivity index (χ0v) is 14.9. The van der Waals surface area contributed by atoms with Crippen LogP contribution in [0.2, 0.25) is 0 Å². The van der Waals surface area contributed by atoms with Gasteiger partial charge >= 0.3 is 0 Å². The number of aromatic nitrogens is 1. The van der Waals surface area contributed by atoms with Crippen LogP contribution < -0.4 is 10.1 Å². The summed E-state index contributed by atoms with van der Waals surface area (Å²) in [6, 6.07) is 1.97. The maximum atomic E-state index is 5.92. The van der Waals surface area contributed by atoms with Gasteiger partial charge in [0.25, 0.3) is 0 Å². The lowest BCUT2D eigenvalue weighted by atomic mass is 10.3. The summed E-state index contributed by atoms with van der Waals surface area (Å²) in [7, 11) is 1.96. The van der Waals surface area contributed by atoms with Crippen LogP contribution in [0.4, 0.5) is 5.69 Å². The molecule has 1 N–H and O–H groups in total. The predicted octanol–water partition coefficient (Wildman–Crippen LogP) is 3.90. The minimum absolute atomic E-state index is 0.194. The third kappa shape index (κ3) is 4.17. The van der Waals surface area contributed by atoms with Gasteiger partial charge in [-0.1, -0.05) is 12.2 Å². The van der Waals surface area contributed by atoms with Crippen LogP contribution in [-0.4, -0.2) is 34.7 Å². The summed E-state index contributed by atoms with van der Waals surface area (Å²) >= 11 is 8.87. The van der Waals surface area contributed by atoms with Crippen LogP contribution in [0, 0.1) is 6.92 Å². The lowest BCUT2D eigenvalue weighted by molar-refractivity contribution is 0.206. The second kappa shape index (κ2) is 7.22. The molecule has 1 aromatic rings. The molecule has 1 aliphatic rings. The Labute approximate surface area is 139 Å². The average molecular weight is 370 g/mol. The Kier molecular flexibility index (Phi) is 5.58. The zero-order valence-electron chi connectivity index (χ0n) is 12.5. The van der Waals surface area contributed by atoms with Gasteiger partial charge in [0.15, 0.2) is 5.11 Å². The number of hydrogen-bond acceptors (Lipinski definition) is 3. The summed E-state index contributed by atoms with van der Waals surface area (Å²) in [5.74, 6) is 0.640. The van der Waals surface area contributed by atoms with Gasteiger partial charge in [0.1, 0.15) is 6.10 Å². The Balaban J connectivity index is 2.10. The first-order valence-electron chi connectivity index (χ1n) is 7.02. The van der Waals surface area contributed by atoms with E-state index in [-0.39, 0.29) is 6.10 Å². The van der Waals surface area contributed by atoms with Crippen molar-refractivity contribution in [3.8, 4) is 5.88 Å². The van der Waals surface area contributed by atoms with Gasteiger partial charge in [-0.05, 0) is 48.1 Å². The first-order valence-corrected chi connectivity index (χ1v) is 8.22. The standard InChI is InChI=1S/C15H20BrN3OS/c1-4-19(3)15(21)18-13-9-12(16)14(17-10(13)2)20-11-7-5-6-8-11/h5-6,9,11H,4,7-8H2,1-3H3,(H,18,21). The quantitative estimate of drug-likeness (QED) is 0.643. The van der Waals surface area contributed by atoms with E-state index in [9.17, 15) is 0 Å². The van der Waals surface area contributed by atoms with E-state index in [2.05, 4.69) is 45.3 Å². The Morgan fingerprint density at radius 2 is 2.19 bits per heavy atom. The van der Waals surface area contributed by atoms with Crippen molar-refractivity contribution < 1.29 is 4.74 Å². The molecule has 1 aromatic heterocycles. The molecule has 6 heteroatoms. The lowest BCUT2D eigenvalue weighted by Crippen LogP contribution is -2.31. The fraction of sp³-hybridized carbons (Fsp3) is 0.467. The molecule has 0 aromatic carbocycles. The van der Waals surface area contributed by atoms with Gasteiger partial charge in [0, 0.05) is 26.4 Å². The fourth-order valence-electron chi connectivity index (χ4n) is 1.97. The number of thiocarbonyl (C=S) groups is 1. The Morgan fingerprint density at radius 3 is 2.81 bits per heavy atom. The average Bonchev–Trinajstić information content (AvgIpc) is 2.96. The normalized spacial score (nSPS) is 14.3. The number of aryl methyl sites for hydroxylation is 1. The molecule has 0 saturated carbocycles. The fourth-order valence-corrected chi connectivity index (χ4v) is 2.62. The molecule has 0 amide bonds. The molecule has 21 heavy (non-hydrogen) atoms. The minimum Gasteiger partial charge on any atom is -0.473 e. The molecule has 4 nitrogen and oxygen atoms in total. The van der Waals surface area contributed by atoms with Crippen molar-refractivity contribution in [2.45, 2.75) is 32.8 Å². The van der Waals surface area contributed by atoms with Gasteiger partial charge in [0.2, 0.25) is 5.88 Å². The van der Waals surface area contributed by atoms with Crippen molar-refractivity contribution in [2.24, 2.45) is 0 Å². The van der Waals surface area contributed by atoms with Crippen LogP contribution in [0.25, 0.3) is 0 Å². The van der Waals surface area contributed by atoms with Crippen molar-refractivity contribution in [3.63, 3.8) is 0 Å². The Morgan fingerprint density at radius 1 is 1.52 bits per heavy atom. The Hall–Kier alpha value is -1.14. The van der Waals surface area contributed by atoms with Gasteiger partial charge in [-0.25, -0.2) is 4.98 Å². The van der Waals surface area contributed by atoms with E-state index in [0.29, 0.717) is 11.0 Å². The van der Waals surface area contributed by atoms with Crippen LogP contribution in [0.5, 0.6) is 5.88 Å². The lowest BCUT2D eigenvalue weighted by Gasteiger charge is -2.21. The van der Waals surface area contributed by atoms with Crippen LogP contribution in [0.3, 0.4) is 0 Å². The molecular weight excluding hydrogens is 350 g/mol. The van der Waals surface area contributed by atoms with Crippen molar-refractivity contribution in [2.75, 3.05) is 18.9 Å². The van der Waals surface area contributed by atoms with Gasteiger partial charge in [-0.2, -0.15) is 0 Å². The summed E-state index contributed by atoms with van der Waals surface area (Å²) in [5, 5.41) is 3.90. The predicted molar refractivity (Wildman–Crippen MR) is 94.0 cm³/mol. The number of nitrogens with zero attached hydrogens (tertiary/aromatic N) is 2. The molecule has 114 valence electrons. The van der Waals surface area contributed by atoms with Crippen molar-refractivity contribution >= 4 is 38.9 Å². The highest BCUT2D eigenvalue weighted by atomic mass is 79.9. The van der Waals surface area contributed by atoms with Crippen molar-refractivity contribution in [3.05, 3.63) is 28.4 Å². The summed E-state index contributed by atoms with van der Waals surface area (Å²) in [4.78, 5) is 6.51. The van der Waals surface area contributed by atoms with Crippen molar-refractivity contribution in [1.82, 2.24) is 9.88 Å². The topological polar surface area (TPSA) is 37.4 Å². The van der Waals surface area contributed by atoms with E-state index in [1.807, 2.05) is 24.9 Å². The first-order chi connectivity index (χ1) is 10.0. The molecule has 2 rings (SSSR count). The second-order valence-electron chi connectivity index (χ2n) is 5.04. The largest absolute Gasteiger partial charge is 0.473 e. The van der Waals surface area contributed by atoms with E-state index in [1.54, 1.807) is 0 Å². The summed E-state index contributed by atoms with van der Waals surface area (Å²) in [6.45, 7) is 4.86. The number of pyridine rings is 1. The van der Waals surface area contributed by atoms with Gasteiger partial charge < -0.3 is 15.0 Å². The number of halogens is 1. The number of rotatable bonds is 4. The monoisotopic (exact) mass is 369 g/mol. The molecule has 0 atom stereocenters. The summed E-state index contributed by atoms with van der Waals surface area (Å²) in [6.07, 6.45) is 6.36.